The second kappa shape index (κ2) is 6.75. The Bertz CT molecular complexity index is 1060. The van der Waals surface area contributed by atoms with Crippen LogP contribution in [0.3, 0.4) is 0 Å². The number of methoxy groups -OCH3 is 1. The molecule has 0 bridgehead atoms. The summed E-state index contributed by atoms with van der Waals surface area (Å²) in [7, 11) is 1.54. The Hall–Kier alpha value is -3.55. The fourth-order valence-corrected chi connectivity index (χ4v) is 2.59. The third-order valence-corrected chi connectivity index (χ3v) is 3.85. The Morgan fingerprint density at radius 2 is 2.04 bits per heavy atom. The van der Waals surface area contributed by atoms with Crippen molar-refractivity contribution >= 4 is 17.0 Å². The third-order valence-electron chi connectivity index (χ3n) is 3.85. The largest absolute Gasteiger partial charge is 0.506 e. The molecule has 3 rings (SSSR count). The van der Waals surface area contributed by atoms with Crippen LogP contribution in [-0.4, -0.2) is 39.7 Å². The molecule has 0 radical (unpaired) electrons. The fourth-order valence-electron chi connectivity index (χ4n) is 2.59. The predicted octanol–water partition coefficient (Wildman–Crippen LogP) is 2.19. The maximum Gasteiger partial charge on any atom is 0.347 e. The van der Waals surface area contributed by atoms with Gasteiger partial charge in [-0.05, 0) is 30.7 Å². The van der Waals surface area contributed by atoms with Crippen LogP contribution >= 0.6 is 0 Å². The van der Waals surface area contributed by atoms with Crippen LogP contribution in [0, 0.1) is 0 Å². The van der Waals surface area contributed by atoms with Gasteiger partial charge in [0.1, 0.15) is 11.5 Å². The molecule has 0 saturated carbocycles. The standard InChI is InChI=1S/C18H16N2O6/c1-3-26-18(23)14-15(21)13-8-11(9-19-16(13)20(24)17(14)22)10-5-4-6-12(7-10)25-2/h4-9,21,24H,3H2,1-2H3. The molecule has 0 atom stereocenters. The lowest BCUT2D eigenvalue weighted by molar-refractivity contribution is 0.0515. The Kier molecular flexibility index (Phi) is 4.49. The number of aromatic hydroxyl groups is 1. The van der Waals surface area contributed by atoms with E-state index in [1.807, 2.05) is 6.07 Å². The second-order valence-corrected chi connectivity index (χ2v) is 5.39. The summed E-state index contributed by atoms with van der Waals surface area (Å²) in [5, 5.41) is 20.5. The van der Waals surface area contributed by atoms with Crippen molar-refractivity contribution in [3.05, 3.63) is 52.4 Å². The summed E-state index contributed by atoms with van der Waals surface area (Å²) in [6.45, 7) is 1.58. The Morgan fingerprint density at radius 3 is 2.73 bits per heavy atom. The van der Waals surface area contributed by atoms with E-state index in [9.17, 15) is 19.9 Å². The lowest BCUT2D eigenvalue weighted by atomic mass is 10.0. The summed E-state index contributed by atoms with van der Waals surface area (Å²) in [5.41, 5.74) is -0.583. The number of nitrogens with zero attached hydrogens (tertiary/aromatic N) is 2. The molecule has 134 valence electrons. The average Bonchev–Trinajstić information content (AvgIpc) is 2.66. The van der Waals surface area contributed by atoms with Crippen LogP contribution in [0.15, 0.2) is 41.3 Å². The highest BCUT2D eigenvalue weighted by Crippen LogP contribution is 2.30. The van der Waals surface area contributed by atoms with Gasteiger partial charge in [0.2, 0.25) is 0 Å². The van der Waals surface area contributed by atoms with E-state index in [2.05, 4.69) is 4.98 Å². The van der Waals surface area contributed by atoms with Crippen molar-refractivity contribution in [1.29, 1.82) is 0 Å². The summed E-state index contributed by atoms with van der Waals surface area (Å²) < 4.78 is 10.2. The molecule has 0 amide bonds. The first kappa shape index (κ1) is 17.3. The number of benzene rings is 1. The quantitative estimate of drug-likeness (QED) is 0.544. The van der Waals surface area contributed by atoms with Crippen molar-refractivity contribution in [3.63, 3.8) is 0 Å². The molecule has 0 fully saturated rings. The number of aromatic nitrogens is 2. The molecule has 0 aliphatic heterocycles. The summed E-state index contributed by atoms with van der Waals surface area (Å²) in [6.07, 6.45) is 1.44. The maximum absolute atomic E-state index is 12.2. The zero-order valence-corrected chi connectivity index (χ0v) is 14.1. The lowest BCUT2D eigenvalue weighted by Crippen LogP contribution is -2.27. The van der Waals surface area contributed by atoms with Crippen LogP contribution < -0.4 is 10.3 Å². The van der Waals surface area contributed by atoms with E-state index >= 15 is 0 Å². The number of carbonyl (C=O) groups is 1. The molecular weight excluding hydrogens is 340 g/mol. The summed E-state index contributed by atoms with van der Waals surface area (Å²) in [5.74, 6) is -0.983. The number of rotatable bonds is 4. The van der Waals surface area contributed by atoms with Gasteiger partial charge in [-0.25, -0.2) is 9.78 Å². The van der Waals surface area contributed by atoms with E-state index in [1.165, 1.54) is 12.3 Å². The van der Waals surface area contributed by atoms with Crippen LogP contribution in [-0.2, 0) is 4.74 Å². The van der Waals surface area contributed by atoms with Crippen LogP contribution in [0.1, 0.15) is 17.3 Å². The summed E-state index contributed by atoms with van der Waals surface area (Å²) in [6, 6.07) is 8.65. The number of carbonyl (C=O) groups excluding carboxylic acids is 1. The predicted molar refractivity (Wildman–Crippen MR) is 92.8 cm³/mol. The van der Waals surface area contributed by atoms with Crippen LogP contribution in [0.5, 0.6) is 11.5 Å². The molecule has 1 aromatic carbocycles. The van der Waals surface area contributed by atoms with E-state index in [-0.39, 0.29) is 22.4 Å². The van der Waals surface area contributed by atoms with Crippen molar-refractivity contribution in [2.45, 2.75) is 6.92 Å². The van der Waals surface area contributed by atoms with E-state index in [1.54, 1.807) is 32.2 Å². The fraction of sp³-hybridized carbons (Fsp3) is 0.167. The van der Waals surface area contributed by atoms with Crippen molar-refractivity contribution in [2.24, 2.45) is 0 Å². The van der Waals surface area contributed by atoms with Gasteiger partial charge < -0.3 is 19.8 Å². The number of hydrogen-bond acceptors (Lipinski definition) is 7. The first-order chi connectivity index (χ1) is 12.5. The van der Waals surface area contributed by atoms with Gasteiger partial charge in [0.15, 0.2) is 11.2 Å². The van der Waals surface area contributed by atoms with Gasteiger partial charge in [-0.15, -0.1) is 4.73 Å². The Labute approximate surface area is 147 Å². The summed E-state index contributed by atoms with van der Waals surface area (Å²) in [4.78, 5) is 28.2. The molecular formula is C18H16N2O6. The van der Waals surface area contributed by atoms with E-state index in [0.29, 0.717) is 11.3 Å². The molecule has 26 heavy (non-hydrogen) atoms. The van der Waals surface area contributed by atoms with Crippen molar-refractivity contribution in [2.75, 3.05) is 13.7 Å². The smallest absolute Gasteiger partial charge is 0.347 e. The van der Waals surface area contributed by atoms with Crippen molar-refractivity contribution < 1.29 is 24.6 Å². The molecule has 8 nitrogen and oxygen atoms in total. The Balaban J connectivity index is 2.26. The third kappa shape index (κ3) is 2.81. The van der Waals surface area contributed by atoms with Gasteiger partial charge in [0.25, 0.3) is 0 Å². The van der Waals surface area contributed by atoms with E-state index in [0.717, 1.165) is 5.56 Å². The van der Waals surface area contributed by atoms with Crippen molar-refractivity contribution in [1.82, 2.24) is 9.71 Å². The van der Waals surface area contributed by atoms with Gasteiger partial charge in [-0.3, -0.25) is 4.79 Å². The topological polar surface area (TPSA) is 111 Å². The SMILES string of the molecule is CCOC(=O)c1c(O)c2cc(-c3cccc(OC)c3)cnc2n(O)c1=O. The minimum Gasteiger partial charge on any atom is -0.506 e. The molecule has 3 aromatic rings. The number of ether oxygens (including phenoxy) is 2. The van der Waals surface area contributed by atoms with Crippen LogP contribution in [0.2, 0.25) is 0 Å². The first-order valence-electron chi connectivity index (χ1n) is 7.76. The highest BCUT2D eigenvalue weighted by molar-refractivity contribution is 5.99. The molecule has 0 aliphatic rings. The molecule has 0 saturated heterocycles. The molecule has 0 spiro atoms. The van der Waals surface area contributed by atoms with E-state index < -0.39 is 22.8 Å². The molecule has 2 N–H and O–H groups in total. The number of pyridine rings is 2. The summed E-state index contributed by atoms with van der Waals surface area (Å²) >= 11 is 0. The zero-order valence-electron chi connectivity index (χ0n) is 14.1. The van der Waals surface area contributed by atoms with Crippen LogP contribution in [0.25, 0.3) is 22.2 Å². The van der Waals surface area contributed by atoms with Gasteiger partial charge in [-0.2, -0.15) is 0 Å². The number of esters is 1. The number of hydrogen-bond donors (Lipinski definition) is 2. The molecule has 0 unspecified atom stereocenters. The second-order valence-electron chi connectivity index (χ2n) is 5.39. The van der Waals surface area contributed by atoms with Crippen LogP contribution in [0.4, 0.5) is 0 Å². The van der Waals surface area contributed by atoms with Gasteiger partial charge >= 0.3 is 11.5 Å². The first-order valence-corrected chi connectivity index (χ1v) is 7.76. The van der Waals surface area contributed by atoms with Gasteiger partial charge in [-0.1, -0.05) is 12.1 Å². The highest BCUT2D eigenvalue weighted by Gasteiger charge is 2.24. The average molecular weight is 356 g/mol. The maximum atomic E-state index is 12.2. The van der Waals surface area contributed by atoms with Gasteiger partial charge in [0, 0.05) is 11.8 Å². The number of fused-ring (bicyclic) bond motifs is 1. The minimum atomic E-state index is -1.10. The molecule has 8 heteroatoms. The zero-order chi connectivity index (χ0) is 18.8. The van der Waals surface area contributed by atoms with E-state index in [4.69, 9.17) is 9.47 Å². The van der Waals surface area contributed by atoms with Crippen molar-refractivity contribution in [3.8, 4) is 22.6 Å². The minimum absolute atomic E-state index is 0.0171. The normalized spacial score (nSPS) is 10.7. The molecule has 0 aliphatic carbocycles. The molecule has 2 aromatic heterocycles. The van der Waals surface area contributed by atoms with Gasteiger partial charge in [0.05, 0.1) is 19.1 Å². The lowest BCUT2D eigenvalue weighted by Gasteiger charge is -2.11. The molecule has 2 heterocycles. The Morgan fingerprint density at radius 1 is 1.27 bits per heavy atom. The highest BCUT2D eigenvalue weighted by atomic mass is 16.5. The monoisotopic (exact) mass is 356 g/mol.